The van der Waals surface area contributed by atoms with Gasteiger partial charge in [-0.25, -0.2) is 46.7 Å². The van der Waals surface area contributed by atoms with Crippen LogP contribution in [0.25, 0.3) is 42.3 Å². The maximum atomic E-state index is 13.8. The molecule has 7 aromatic rings. The second-order valence-corrected chi connectivity index (χ2v) is 14.9. The molecule has 0 unspecified atom stereocenters. The molecule has 7 rings (SSSR count). The smallest absolute Gasteiger partial charge is 0.363 e. The Hall–Kier alpha value is -5.17. The van der Waals surface area contributed by atoms with Crippen molar-refractivity contribution in [2.45, 2.75) is 20.8 Å². The summed E-state index contributed by atoms with van der Waals surface area (Å²) in [4.78, 5) is 42.4. The van der Waals surface area contributed by atoms with Gasteiger partial charge in [-0.3, -0.25) is 4.79 Å². The number of benzene rings is 3. The molecule has 53 heavy (non-hydrogen) atoms. The number of thiazole rings is 4. The molecule has 18 heteroatoms. The van der Waals surface area contributed by atoms with Crippen LogP contribution in [0.2, 0.25) is 0 Å². The van der Waals surface area contributed by atoms with Crippen LogP contribution in [0, 0.1) is 54.6 Å². The second-order valence-electron chi connectivity index (χ2n) is 10.8. The van der Waals surface area contributed by atoms with Crippen LogP contribution >= 0.6 is 45.3 Å². The van der Waals surface area contributed by atoms with E-state index in [1.165, 1.54) is 82.7 Å². The highest BCUT2D eigenvalue weighted by molar-refractivity contribution is 7.21. The molecule has 0 radical (unpaired) electrons. The first-order valence-corrected chi connectivity index (χ1v) is 18.2. The highest BCUT2D eigenvalue weighted by atomic mass is 32.1. The number of hydrogen-bond acceptors (Lipinski definition) is 11. The van der Waals surface area contributed by atoms with Gasteiger partial charge in [0.15, 0.2) is 11.5 Å². The van der Waals surface area contributed by atoms with Crippen molar-refractivity contribution in [3.05, 3.63) is 121 Å². The van der Waals surface area contributed by atoms with Crippen LogP contribution in [0.5, 0.6) is 5.75 Å². The van der Waals surface area contributed by atoms with E-state index < -0.39 is 52.3 Å². The van der Waals surface area contributed by atoms with Gasteiger partial charge in [0.25, 0.3) is 0 Å². The summed E-state index contributed by atoms with van der Waals surface area (Å²) in [5.41, 5.74) is 2.74. The van der Waals surface area contributed by atoms with Crippen LogP contribution in [0.3, 0.4) is 0 Å². The molecule has 0 saturated heterocycles. The molecule has 0 N–H and O–H groups in total. The zero-order chi connectivity index (χ0) is 38.1. The largest absolute Gasteiger partial charge is 0.415 e. The summed E-state index contributed by atoms with van der Waals surface area (Å²) in [6.45, 7) is 5.14. The number of carbonyl (C=O) groups is 2. The van der Waals surface area contributed by atoms with Crippen molar-refractivity contribution in [1.82, 2.24) is 19.9 Å². The highest BCUT2D eigenvalue weighted by Gasteiger charge is 2.30. The van der Waals surface area contributed by atoms with Crippen LogP contribution in [0.15, 0.2) is 59.3 Å². The number of rotatable bonds is 7. The van der Waals surface area contributed by atoms with Gasteiger partial charge >= 0.3 is 5.97 Å². The Bertz CT molecular complexity index is 2460. The minimum absolute atomic E-state index is 0.0536. The molecule has 0 aliphatic rings. The number of halogens is 7. The number of carbonyl (C=O) groups excluding carboxylic acids is 2. The number of ether oxygens (including phenoxy) is 1. The molecular weight excluding hydrogens is 786 g/mol. The van der Waals surface area contributed by atoms with Crippen molar-refractivity contribution in [2.75, 3.05) is 0 Å². The van der Waals surface area contributed by atoms with Gasteiger partial charge in [-0.2, -0.15) is 8.78 Å². The molecule has 0 amide bonds. The van der Waals surface area contributed by atoms with E-state index in [-0.39, 0.29) is 11.6 Å². The number of ketones is 1. The van der Waals surface area contributed by atoms with Gasteiger partial charge in [-0.05, 0) is 62.4 Å². The monoisotopic (exact) mass is 804 g/mol. The van der Waals surface area contributed by atoms with Crippen molar-refractivity contribution in [3.63, 3.8) is 0 Å². The molecule has 7 nitrogen and oxygen atoms in total. The maximum Gasteiger partial charge on any atom is 0.363 e. The summed E-state index contributed by atoms with van der Waals surface area (Å²) >= 11 is 5.15. The number of nitrogens with zero attached hydrogens (tertiary/aromatic N) is 4. The van der Waals surface area contributed by atoms with Crippen molar-refractivity contribution >= 4 is 57.1 Å². The van der Waals surface area contributed by atoms with Gasteiger partial charge in [-0.15, -0.1) is 45.3 Å². The summed E-state index contributed by atoms with van der Waals surface area (Å²) in [5.74, 6) is -15.3. The van der Waals surface area contributed by atoms with Crippen molar-refractivity contribution in [2.24, 2.45) is 0 Å². The maximum absolute atomic E-state index is 13.8. The molecule has 4 aromatic heterocycles. The van der Waals surface area contributed by atoms with Crippen LogP contribution in [0.1, 0.15) is 37.9 Å². The Kier molecular flexibility index (Phi) is 10.9. The van der Waals surface area contributed by atoms with Crippen LogP contribution < -0.4 is 4.74 Å². The predicted octanol–water partition coefficient (Wildman–Crippen LogP) is 10.9. The normalized spacial score (nSPS) is 11.0. The summed E-state index contributed by atoms with van der Waals surface area (Å²) < 4.78 is 98.0. The number of esters is 1. The van der Waals surface area contributed by atoms with Crippen LogP contribution in [-0.4, -0.2) is 31.7 Å². The molecule has 0 spiro atoms. The quantitative estimate of drug-likeness (QED) is 0.0395. The molecule has 0 fully saturated rings. The fraction of sp³-hybridized carbons (Fsp3) is 0.0857. The molecule has 0 saturated carbocycles. The zero-order valence-electron chi connectivity index (χ0n) is 27.1. The third-order valence-electron chi connectivity index (χ3n) is 7.03. The van der Waals surface area contributed by atoms with E-state index in [0.717, 1.165) is 37.5 Å². The second kappa shape index (κ2) is 15.4. The van der Waals surface area contributed by atoms with Gasteiger partial charge < -0.3 is 4.74 Å². The Labute approximate surface area is 311 Å². The molecule has 0 atom stereocenters. The minimum atomic E-state index is -2.37. The van der Waals surface area contributed by atoms with E-state index in [1.54, 1.807) is 24.4 Å². The average molecular weight is 805 g/mol. The van der Waals surface area contributed by atoms with E-state index in [2.05, 4.69) is 24.7 Å². The van der Waals surface area contributed by atoms with Crippen molar-refractivity contribution in [3.8, 4) is 48.0 Å². The zero-order valence-corrected chi connectivity index (χ0v) is 30.3. The van der Waals surface area contributed by atoms with E-state index >= 15 is 0 Å². The number of hydrogen-bond donors (Lipinski definition) is 0. The lowest BCUT2D eigenvalue weighted by Gasteiger charge is -2.07. The lowest BCUT2D eigenvalue weighted by atomic mass is 10.1. The summed E-state index contributed by atoms with van der Waals surface area (Å²) in [5, 5.41) is 5.57. The standard InChI is InChI=1S/C20H8F6N2O2S2.C15H11FN2OS2/c1-7-27-16(8-2-4-9(21)5-3-8)18(32-7)19-28-10(6-31-19)20(29)30-17-14(25)12(23)11(22)13(24)15(17)26;1-8(19)12-7-20-15(18-12)14-13(17-9(2)21-14)10-3-5-11(16)6-4-10/h2-6H,1H3;3-7H,1-2H3. The molecule has 270 valence electrons. The lowest BCUT2D eigenvalue weighted by molar-refractivity contribution is 0.0710. The fourth-order valence-corrected chi connectivity index (χ4v) is 8.29. The number of aryl methyl sites for hydroxylation is 2. The van der Waals surface area contributed by atoms with E-state index in [4.69, 9.17) is 0 Å². The Morgan fingerprint density at radius 3 is 1.38 bits per heavy atom. The Balaban J connectivity index is 0.000000198. The third-order valence-corrected chi connectivity index (χ3v) is 11.0. The first-order valence-electron chi connectivity index (χ1n) is 14.8. The van der Waals surface area contributed by atoms with Gasteiger partial charge in [0, 0.05) is 28.8 Å². The van der Waals surface area contributed by atoms with Gasteiger partial charge in [-0.1, -0.05) is 0 Å². The van der Waals surface area contributed by atoms with E-state index in [9.17, 15) is 40.3 Å². The first kappa shape index (κ1) is 37.6. The average Bonchev–Trinajstić information content (AvgIpc) is 3.96. The van der Waals surface area contributed by atoms with Gasteiger partial charge in [0.1, 0.15) is 27.3 Å². The van der Waals surface area contributed by atoms with Crippen LogP contribution in [0.4, 0.5) is 30.7 Å². The molecule has 0 aliphatic carbocycles. The summed E-state index contributed by atoms with van der Waals surface area (Å²) in [7, 11) is 0. The van der Waals surface area contributed by atoms with E-state index in [0.29, 0.717) is 31.8 Å². The molecule has 3 aromatic carbocycles. The van der Waals surface area contributed by atoms with Gasteiger partial charge in [0.2, 0.25) is 34.8 Å². The molecule has 4 heterocycles. The number of Topliss-reactive ketones (excluding diaryl/α,β-unsaturated/α-hetero) is 1. The van der Waals surface area contributed by atoms with Gasteiger partial charge in [0.05, 0.1) is 31.2 Å². The summed E-state index contributed by atoms with van der Waals surface area (Å²) in [6, 6.07) is 11.8. The van der Waals surface area contributed by atoms with E-state index in [1.807, 2.05) is 6.92 Å². The number of aromatic nitrogens is 4. The minimum Gasteiger partial charge on any atom is -0.415 e. The third kappa shape index (κ3) is 7.95. The first-order chi connectivity index (χ1) is 25.2. The topological polar surface area (TPSA) is 94.9 Å². The summed E-state index contributed by atoms with van der Waals surface area (Å²) in [6.07, 6.45) is 0. The fourth-order valence-electron chi connectivity index (χ4n) is 4.58. The van der Waals surface area contributed by atoms with Crippen molar-refractivity contribution in [1.29, 1.82) is 0 Å². The molecule has 0 bridgehead atoms. The predicted molar refractivity (Wildman–Crippen MR) is 188 cm³/mol. The van der Waals surface area contributed by atoms with Crippen LogP contribution in [-0.2, 0) is 0 Å². The Morgan fingerprint density at radius 2 is 0.962 bits per heavy atom. The highest BCUT2D eigenvalue weighted by Crippen LogP contribution is 2.40. The lowest BCUT2D eigenvalue weighted by Crippen LogP contribution is -2.14. The SMILES string of the molecule is CC(=O)c1csc(-c2sc(C)nc2-c2ccc(F)cc2)n1.Cc1nc(-c2ccc(F)cc2)c(-c2nc(C(=O)Oc3c(F)c(F)c(F)c(F)c3F)cs2)s1. The Morgan fingerprint density at radius 1 is 0.566 bits per heavy atom. The molecule has 0 aliphatic heterocycles. The molecular formula is C35H19F7N4O3S4. The van der Waals surface area contributed by atoms with Crippen molar-refractivity contribution < 1.29 is 45.1 Å².